The van der Waals surface area contributed by atoms with Crippen molar-refractivity contribution in [2.75, 3.05) is 6.54 Å². The van der Waals surface area contributed by atoms with Gasteiger partial charge in [0.05, 0.1) is 6.54 Å². The third-order valence-electron chi connectivity index (χ3n) is 4.97. The van der Waals surface area contributed by atoms with Crippen molar-refractivity contribution < 1.29 is 17.9 Å². The first-order valence-electron chi connectivity index (χ1n) is 9.06. The molecule has 2 aliphatic rings. The summed E-state index contributed by atoms with van der Waals surface area (Å²) in [5, 5.41) is 2.56. The molecular formula is C21H18BF2N3O. The first-order valence-corrected chi connectivity index (χ1v) is 9.06. The minimum absolute atomic E-state index is 0.0986. The quantitative estimate of drug-likeness (QED) is 0.632. The van der Waals surface area contributed by atoms with Crippen molar-refractivity contribution in [2.45, 2.75) is 12.8 Å². The highest BCUT2D eigenvalue weighted by Crippen LogP contribution is 2.33. The van der Waals surface area contributed by atoms with Crippen LogP contribution in [0.15, 0.2) is 60.3 Å². The number of fused-ring (bicyclic) bond motifs is 2. The van der Waals surface area contributed by atoms with Crippen LogP contribution in [0.4, 0.5) is 8.63 Å². The van der Waals surface area contributed by atoms with Crippen LogP contribution in [0.2, 0.25) is 0 Å². The van der Waals surface area contributed by atoms with Gasteiger partial charge in [-0.15, -0.1) is 6.42 Å². The van der Waals surface area contributed by atoms with Crippen molar-refractivity contribution in [3.63, 3.8) is 0 Å². The molecule has 0 atom stereocenters. The van der Waals surface area contributed by atoms with Gasteiger partial charge in [-0.3, -0.25) is 4.79 Å². The number of terminal acetylenes is 1. The molecule has 0 fully saturated rings. The van der Waals surface area contributed by atoms with Gasteiger partial charge >= 0.3 is 6.97 Å². The predicted molar refractivity (Wildman–Crippen MR) is 106 cm³/mol. The van der Waals surface area contributed by atoms with E-state index in [1.165, 1.54) is 0 Å². The molecule has 4 nitrogen and oxygen atoms in total. The molecule has 140 valence electrons. The molecule has 0 saturated heterocycles. The SMILES string of the molecule is C#CCNC(=O)CCc1ccc2n1[B-](F)(F)[N+]1=C(c3ccccc3)C=CC1=C2. The van der Waals surface area contributed by atoms with Crippen molar-refractivity contribution in [3.8, 4) is 12.3 Å². The number of halogens is 2. The number of aryl methyl sites for hydroxylation is 1. The van der Waals surface area contributed by atoms with E-state index in [1.807, 2.05) is 30.3 Å². The second kappa shape index (κ2) is 6.97. The standard InChI is InChI=1S/C21H18BF2N3O/c1-2-14-25-21(28)13-11-17-8-9-18-15-19-10-12-20(16-6-4-3-5-7-16)27(19)22(23,24)26(17)18/h1,3-10,12,15H,11,13-14H2,(H,25,28). The number of carbonyl (C=O) groups excluding carboxylic acids is 1. The Labute approximate surface area is 161 Å². The van der Waals surface area contributed by atoms with Crippen LogP contribution in [0.5, 0.6) is 0 Å². The maximum atomic E-state index is 15.6. The van der Waals surface area contributed by atoms with Crippen LogP contribution in [0.3, 0.4) is 0 Å². The molecule has 1 aromatic heterocycles. The van der Waals surface area contributed by atoms with Gasteiger partial charge in [0.15, 0.2) is 11.4 Å². The van der Waals surface area contributed by atoms with Crippen LogP contribution in [-0.4, -0.2) is 34.1 Å². The smallest absolute Gasteiger partial charge is 0.394 e. The number of amides is 1. The zero-order valence-electron chi connectivity index (χ0n) is 15.1. The lowest BCUT2D eigenvalue weighted by Gasteiger charge is -2.30. The number of carbonyl (C=O) groups is 1. The van der Waals surface area contributed by atoms with Gasteiger partial charge < -0.3 is 22.9 Å². The van der Waals surface area contributed by atoms with Gasteiger partial charge in [-0.25, -0.2) is 0 Å². The number of hydrogen-bond donors (Lipinski definition) is 1. The van der Waals surface area contributed by atoms with E-state index in [2.05, 4.69) is 11.2 Å². The predicted octanol–water partition coefficient (Wildman–Crippen LogP) is 2.82. The van der Waals surface area contributed by atoms with Gasteiger partial charge in [-0.05, 0) is 36.4 Å². The fourth-order valence-corrected chi connectivity index (χ4v) is 3.73. The monoisotopic (exact) mass is 377 g/mol. The summed E-state index contributed by atoms with van der Waals surface area (Å²) in [6, 6.07) is 12.5. The van der Waals surface area contributed by atoms with E-state index in [1.54, 1.807) is 30.4 Å². The molecule has 7 heteroatoms. The van der Waals surface area contributed by atoms with Gasteiger partial charge in [0.25, 0.3) is 0 Å². The van der Waals surface area contributed by atoms with Crippen molar-refractivity contribution >= 4 is 24.7 Å². The largest absolute Gasteiger partial charge is 0.737 e. The first-order chi connectivity index (χ1) is 13.5. The summed E-state index contributed by atoms with van der Waals surface area (Å²) in [5.74, 6) is 2.07. The normalized spacial score (nSPS) is 16.2. The Morgan fingerprint density at radius 2 is 1.96 bits per heavy atom. The van der Waals surface area contributed by atoms with Gasteiger partial charge in [-0.2, -0.15) is 0 Å². The zero-order valence-corrected chi connectivity index (χ0v) is 15.1. The molecule has 2 aliphatic heterocycles. The molecule has 0 unspecified atom stereocenters. The van der Waals surface area contributed by atoms with Crippen molar-refractivity contribution in [3.05, 3.63) is 77.3 Å². The molecule has 28 heavy (non-hydrogen) atoms. The molecule has 3 heterocycles. The molecule has 0 aliphatic carbocycles. The summed E-state index contributed by atoms with van der Waals surface area (Å²) in [7, 11) is 0. The van der Waals surface area contributed by atoms with Crippen LogP contribution < -0.4 is 5.32 Å². The minimum atomic E-state index is -4.09. The van der Waals surface area contributed by atoms with Gasteiger partial charge in [0.1, 0.15) is 0 Å². The third-order valence-corrected chi connectivity index (χ3v) is 4.97. The molecule has 0 bridgehead atoms. The number of aromatic nitrogens is 1. The van der Waals surface area contributed by atoms with Crippen molar-refractivity contribution in [1.82, 2.24) is 9.79 Å². The summed E-state index contributed by atoms with van der Waals surface area (Å²) >= 11 is 0. The van der Waals surface area contributed by atoms with Gasteiger partial charge in [-0.1, -0.05) is 24.1 Å². The number of rotatable bonds is 5. The fourth-order valence-electron chi connectivity index (χ4n) is 3.73. The van der Waals surface area contributed by atoms with E-state index in [0.717, 1.165) is 14.5 Å². The summed E-state index contributed by atoms with van der Waals surface area (Å²) in [6.07, 6.45) is 10.6. The summed E-state index contributed by atoms with van der Waals surface area (Å²) in [4.78, 5) is 11.8. The Hall–Kier alpha value is -3.40. The Balaban J connectivity index is 1.70. The molecule has 1 N–H and O–H groups in total. The minimum Gasteiger partial charge on any atom is -0.394 e. The lowest BCUT2D eigenvalue weighted by Crippen LogP contribution is -2.51. The van der Waals surface area contributed by atoms with Crippen LogP contribution in [0, 0.1) is 12.3 Å². The molecule has 2 aromatic rings. The lowest BCUT2D eigenvalue weighted by molar-refractivity contribution is -0.360. The second-order valence-corrected chi connectivity index (χ2v) is 6.71. The first kappa shape index (κ1) is 18.0. The Morgan fingerprint density at radius 1 is 1.18 bits per heavy atom. The molecule has 1 amide bonds. The maximum absolute atomic E-state index is 15.6. The third kappa shape index (κ3) is 2.97. The molecule has 0 radical (unpaired) electrons. The number of benzene rings is 1. The summed E-state index contributed by atoms with van der Waals surface area (Å²) < 4.78 is 33.4. The molecular weight excluding hydrogens is 359 g/mol. The van der Waals surface area contributed by atoms with Crippen molar-refractivity contribution in [1.29, 1.82) is 0 Å². The van der Waals surface area contributed by atoms with Gasteiger partial charge in [0.2, 0.25) is 5.91 Å². The molecule has 1 aromatic carbocycles. The van der Waals surface area contributed by atoms with E-state index in [4.69, 9.17) is 6.42 Å². The Kier molecular flexibility index (Phi) is 4.48. The Bertz CT molecular complexity index is 1070. The highest BCUT2D eigenvalue weighted by atomic mass is 19.2. The molecule has 0 saturated carbocycles. The maximum Gasteiger partial charge on any atom is 0.737 e. The van der Waals surface area contributed by atoms with E-state index in [-0.39, 0.29) is 25.3 Å². The number of nitrogens with one attached hydrogen (secondary N) is 1. The highest BCUT2D eigenvalue weighted by Gasteiger charge is 2.52. The second-order valence-electron chi connectivity index (χ2n) is 6.71. The van der Waals surface area contributed by atoms with Crippen LogP contribution in [0.25, 0.3) is 6.08 Å². The van der Waals surface area contributed by atoms with Crippen molar-refractivity contribution in [2.24, 2.45) is 0 Å². The summed E-state index contributed by atoms with van der Waals surface area (Å²) in [5.41, 5.74) is 2.52. The van der Waals surface area contributed by atoms with Crippen LogP contribution in [-0.2, 0) is 11.2 Å². The number of allylic oxidation sites excluding steroid dienone is 2. The van der Waals surface area contributed by atoms with E-state index < -0.39 is 6.97 Å². The Morgan fingerprint density at radius 3 is 2.71 bits per heavy atom. The number of hydrogen-bond acceptors (Lipinski definition) is 1. The highest BCUT2D eigenvalue weighted by molar-refractivity contribution is 6.58. The van der Waals surface area contributed by atoms with Gasteiger partial charge in [0, 0.05) is 35.9 Å². The molecule has 4 rings (SSSR count). The van der Waals surface area contributed by atoms with E-state index >= 15 is 8.63 Å². The lowest BCUT2D eigenvalue weighted by atomic mass is 9.89. The van der Waals surface area contributed by atoms with E-state index in [9.17, 15) is 4.79 Å². The fraction of sp³-hybridized carbons (Fsp3) is 0.143. The van der Waals surface area contributed by atoms with Crippen LogP contribution in [0.1, 0.15) is 23.4 Å². The molecule has 0 spiro atoms. The average Bonchev–Trinajstić information content (AvgIpc) is 3.31. The van der Waals surface area contributed by atoms with Crippen LogP contribution >= 0.6 is 0 Å². The zero-order chi connectivity index (χ0) is 19.7. The number of nitrogens with zero attached hydrogens (tertiary/aromatic N) is 2. The average molecular weight is 377 g/mol. The topological polar surface area (TPSA) is 37.0 Å². The summed E-state index contributed by atoms with van der Waals surface area (Å²) in [6.45, 7) is -3.95. The van der Waals surface area contributed by atoms with E-state index in [0.29, 0.717) is 22.8 Å².